The van der Waals surface area contributed by atoms with Gasteiger partial charge >= 0.3 is 13.8 Å². The molecule has 0 unspecified atom stereocenters. The molecular weight excluding hydrogens is 745 g/mol. The summed E-state index contributed by atoms with van der Waals surface area (Å²) in [6.45, 7) is 15.7. The molecule has 55 heavy (non-hydrogen) atoms. The zero-order chi connectivity index (χ0) is 42.2. The van der Waals surface area contributed by atoms with Crippen LogP contribution in [0.2, 0.25) is 0 Å². The number of esters is 1. The lowest BCUT2D eigenvalue weighted by molar-refractivity contribution is -0.316. The van der Waals surface area contributed by atoms with Gasteiger partial charge < -0.3 is 63.5 Å². The lowest BCUT2D eigenvalue weighted by Gasteiger charge is -2.49. The molecule has 322 valence electrons. The van der Waals surface area contributed by atoms with Crippen LogP contribution in [0.5, 0.6) is 0 Å². The van der Waals surface area contributed by atoms with Gasteiger partial charge in [-0.25, -0.2) is 4.57 Å². The molecule has 0 aromatic carbocycles. The molecule has 3 fully saturated rings. The van der Waals surface area contributed by atoms with Crippen LogP contribution >= 0.6 is 7.82 Å². The summed E-state index contributed by atoms with van der Waals surface area (Å²) in [6, 6.07) is -0.613. The molecule has 17 nitrogen and oxygen atoms in total. The van der Waals surface area contributed by atoms with Crippen LogP contribution in [0.25, 0.3) is 0 Å². The maximum atomic E-state index is 14.2. The highest BCUT2D eigenvalue weighted by Gasteiger charge is 2.54. The summed E-state index contributed by atoms with van der Waals surface area (Å²) < 4.78 is 54.7. The predicted molar refractivity (Wildman–Crippen MR) is 197 cm³/mol. The molecule has 0 radical (unpaired) electrons. The monoisotopic (exact) mass is 813 g/mol. The van der Waals surface area contributed by atoms with E-state index in [1.165, 1.54) is 34.8 Å². The molecule has 3 heterocycles. The maximum absolute atomic E-state index is 14.2. The summed E-state index contributed by atoms with van der Waals surface area (Å²) in [4.78, 5) is 49.7. The van der Waals surface area contributed by atoms with Crippen LogP contribution < -0.4 is 0 Å². The molecule has 18 heteroatoms. The highest BCUT2D eigenvalue weighted by molar-refractivity contribution is 7.46. The largest absolute Gasteiger partial charge is 0.470 e. The Hall–Kier alpha value is -1.15. The minimum atomic E-state index is -5.12. The molecular formula is C37H68NO16P. The molecule has 3 aliphatic rings. The van der Waals surface area contributed by atoms with Crippen LogP contribution in [0, 0.1) is 23.7 Å². The SMILES string of the molecule is CC[C@H]1OC(=O)[C@H](C)[C@@H](O[C@H]2C[C@@](C)(OC)[C@@H](O)[C@H](C)O2)[C@H](C)[C@@H](O[C@@H]2O[C@H](C)C[C@H](N(C)C)[C@H]2OP(=O)(O)O)[C@](C)(O)C[C@@H](C)C(=O)[C@H](C)[C@@H](O)[C@]1(C)O. The van der Waals surface area contributed by atoms with Crippen LogP contribution in [0.3, 0.4) is 0 Å². The summed E-state index contributed by atoms with van der Waals surface area (Å²) in [5.74, 6) is -5.57. The highest BCUT2D eigenvalue weighted by atomic mass is 31.2. The Bertz CT molecular complexity index is 1340. The minimum Gasteiger partial charge on any atom is -0.459 e. The lowest BCUT2D eigenvalue weighted by atomic mass is 9.74. The third-order valence-electron chi connectivity index (χ3n) is 12.1. The van der Waals surface area contributed by atoms with E-state index in [0.717, 1.165) is 0 Å². The molecule has 6 N–H and O–H groups in total. The summed E-state index contributed by atoms with van der Waals surface area (Å²) >= 11 is 0. The number of ketones is 1. The molecule has 0 bridgehead atoms. The highest BCUT2D eigenvalue weighted by Crippen LogP contribution is 2.45. The van der Waals surface area contributed by atoms with Crippen molar-refractivity contribution in [3.63, 3.8) is 0 Å². The first-order chi connectivity index (χ1) is 25.1. The van der Waals surface area contributed by atoms with Crippen molar-refractivity contribution in [3.05, 3.63) is 0 Å². The van der Waals surface area contributed by atoms with E-state index in [4.69, 9.17) is 32.9 Å². The third kappa shape index (κ3) is 11.1. The number of ether oxygens (including phenoxy) is 6. The average Bonchev–Trinajstić information content (AvgIpc) is 3.08. The van der Waals surface area contributed by atoms with Gasteiger partial charge in [-0.05, 0) is 74.9 Å². The van der Waals surface area contributed by atoms with E-state index in [0.29, 0.717) is 6.42 Å². The van der Waals surface area contributed by atoms with E-state index in [2.05, 4.69) is 0 Å². The number of rotatable bonds is 9. The van der Waals surface area contributed by atoms with Gasteiger partial charge in [-0.2, -0.15) is 0 Å². The zero-order valence-electron chi connectivity index (χ0n) is 34.6. The standard InChI is InChI=1S/C37H68NO16P/c1-14-25-37(10,44)30(40)20(4)27(39)18(2)16-35(8,43)32(53-34-29(54-55(45,46)47)24(38(11)12)15-19(3)49-34)21(5)28(22(6)33(42)51-25)52-26-17-36(9,48-13)31(41)23(7)50-26/h18-26,28-32,34,40-41,43-44H,14-17H2,1-13H3,(H2,45,46,47)/t18-,19-,20+,21+,22-,23+,24+,25-,26+,28+,29-,30-,31+,32-,34+,35-,36-,37-/m1/s1. The van der Waals surface area contributed by atoms with Gasteiger partial charge in [-0.1, -0.05) is 27.7 Å². The van der Waals surface area contributed by atoms with Gasteiger partial charge in [-0.15, -0.1) is 0 Å². The summed E-state index contributed by atoms with van der Waals surface area (Å²) in [7, 11) is -0.246. The lowest BCUT2D eigenvalue weighted by Crippen LogP contribution is -2.61. The number of cyclic esters (lactones) is 1. The van der Waals surface area contributed by atoms with Gasteiger partial charge in [0.25, 0.3) is 0 Å². The molecule has 0 saturated carbocycles. The van der Waals surface area contributed by atoms with Crippen molar-refractivity contribution in [1.29, 1.82) is 0 Å². The van der Waals surface area contributed by atoms with Crippen molar-refractivity contribution in [2.24, 2.45) is 23.7 Å². The van der Waals surface area contributed by atoms with E-state index in [1.54, 1.807) is 60.5 Å². The average molecular weight is 814 g/mol. The number of likely N-dealkylation sites (N-methyl/N-ethyl adjacent to an activating group) is 1. The number of aliphatic hydroxyl groups excluding tert-OH is 2. The van der Waals surface area contributed by atoms with Crippen LogP contribution in [0.4, 0.5) is 0 Å². The second-order valence-corrected chi connectivity index (χ2v) is 18.2. The van der Waals surface area contributed by atoms with E-state index in [9.17, 15) is 44.4 Å². The van der Waals surface area contributed by atoms with E-state index < -0.39 is 128 Å². The van der Waals surface area contributed by atoms with Crippen molar-refractivity contribution in [2.75, 3.05) is 21.2 Å². The van der Waals surface area contributed by atoms with Gasteiger partial charge in [-0.3, -0.25) is 14.1 Å². The van der Waals surface area contributed by atoms with Gasteiger partial charge in [0.2, 0.25) is 0 Å². The van der Waals surface area contributed by atoms with Crippen LogP contribution in [-0.2, 0) is 47.1 Å². The molecule has 0 amide bonds. The van der Waals surface area contributed by atoms with Crippen molar-refractivity contribution in [3.8, 4) is 0 Å². The van der Waals surface area contributed by atoms with E-state index in [1.807, 2.05) is 0 Å². The van der Waals surface area contributed by atoms with Crippen LogP contribution in [-0.4, -0.2) is 152 Å². The Morgan fingerprint density at radius 1 is 0.891 bits per heavy atom. The first-order valence-electron chi connectivity index (χ1n) is 19.2. The van der Waals surface area contributed by atoms with Gasteiger partial charge in [0.1, 0.15) is 29.7 Å². The van der Waals surface area contributed by atoms with Gasteiger partial charge in [0.05, 0.1) is 47.6 Å². The Balaban J connectivity index is 2.25. The fourth-order valence-electron chi connectivity index (χ4n) is 8.67. The number of phosphoric ester groups is 1. The molecule has 0 spiro atoms. The number of aliphatic hydroxyl groups is 4. The molecule has 3 rings (SSSR count). The number of Topliss-reactive ketones (excluding diaryl/α,β-unsaturated/α-hetero) is 1. The second-order valence-electron chi connectivity index (χ2n) is 17.0. The number of carbonyl (C=O) groups is 2. The maximum Gasteiger partial charge on any atom is 0.470 e. The van der Waals surface area contributed by atoms with Crippen molar-refractivity contribution >= 4 is 19.6 Å². The van der Waals surface area contributed by atoms with E-state index in [-0.39, 0.29) is 19.3 Å². The molecule has 18 atom stereocenters. The first kappa shape index (κ1) is 48.2. The summed E-state index contributed by atoms with van der Waals surface area (Å²) in [6.07, 6.45) is -11.6. The first-order valence-corrected chi connectivity index (χ1v) is 20.8. The smallest absolute Gasteiger partial charge is 0.459 e. The number of methoxy groups -OCH3 is 1. The number of phosphoric acid groups is 1. The number of hydrogen-bond acceptors (Lipinski definition) is 15. The Labute approximate surface area is 325 Å². The third-order valence-corrected chi connectivity index (χ3v) is 12.6. The summed E-state index contributed by atoms with van der Waals surface area (Å²) in [5, 5.41) is 46.4. The zero-order valence-corrected chi connectivity index (χ0v) is 35.5. The molecule has 3 saturated heterocycles. The van der Waals surface area contributed by atoms with Gasteiger partial charge in [0.15, 0.2) is 12.6 Å². The normalized spacial score (nSPS) is 47.3. The number of carbonyl (C=O) groups excluding carboxylic acids is 2. The second kappa shape index (κ2) is 18.4. The van der Waals surface area contributed by atoms with Crippen molar-refractivity contribution < 1.29 is 77.3 Å². The quantitative estimate of drug-likeness (QED) is 0.144. The molecule has 3 aliphatic heterocycles. The van der Waals surface area contributed by atoms with Crippen LogP contribution in [0.15, 0.2) is 0 Å². The Morgan fingerprint density at radius 3 is 2.02 bits per heavy atom. The molecule has 0 aliphatic carbocycles. The van der Waals surface area contributed by atoms with Crippen LogP contribution in [0.1, 0.15) is 94.9 Å². The number of nitrogens with zero attached hydrogens (tertiary/aromatic N) is 1. The molecule has 0 aromatic rings. The fraction of sp³-hybridized carbons (Fsp3) is 0.946. The topological polar surface area (TPSA) is 240 Å². The fourth-order valence-corrected chi connectivity index (χ4v) is 9.22. The number of hydrogen-bond donors (Lipinski definition) is 6. The van der Waals surface area contributed by atoms with Gasteiger partial charge in [0, 0.05) is 37.3 Å². The minimum absolute atomic E-state index is 0.0236. The predicted octanol–water partition coefficient (Wildman–Crippen LogP) is 1.90. The van der Waals surface area contributed by atoms with Crippen molar-refractivity contribution in [1.82, 2.24) is 4.90 Å². The Kier molecular flexibility index (Phi) is 16.1. The Morgan fingerprint density at radius 2 is 1.49 bits per heavy atom. The van der Waals surface area contributed by atoms with E-state index >= 15 is 0 Å². The molecule has 0 aromatic heterocycles. The summed E-state index contributed by atoms with van der Waals surface area (Å²) in [5.41, 5.74) is -5.12. The van der Waals surface area contributed by atoms with Crippen molar-refractivity contribution in [2.45, 2.75) is 179 Å².